The van der Waals surface area contributed by atoms with Crippen LogP contribution in [0.2, 0.25) is 0 Å². The Kier molecular flexibility index (Phi) is 6.38. The van der Waals surface area contributed by atoms with Crippen LogP contribution < -0.4 is 9.47 Å². The number of fused-ring (bicyclic) bond motifs is 2. The molecule has 4 heterocycles. The van der Waals surface area contributed by atoms with Gasteiger partial charge in [-0.25, -0.2) is 8.78 Å². The molecule has 6 rings (SSSR count). The molecule has 0 amide bonds. The highest BCUT2D eigenvalue weighted by Crippen LogP contribution is 2.46. The Morgan fingerprint density at radius 3 is 2.39 bits per heavy atom. The zero-order valence-corrected chi connectivity index (χ0v) is 21.6. The van der Waals surface area contributed by atoms with E-state index in [2.05, 4.69) is 0 Å². The van der Waals surface area contributed by atoms with E-state index >= 15 is 0 Å². The third-order valence-corrected chi connectivity index (χ3v) is 7.23. The minimum Gasteiger partial charge on any atom is -0.491 e. The summed E-state index contributed by atoms with van der Waals surface area (Å²) >= 11 is 0. The van der Waals surface area contributed by atoms with Gasteiger partial charge in [0.15, 0.2) is 17.8 Å². The molecule has 3 saturated heterocycles. The first-order chi connectivity index (χ1) is 18.0. The molecule has 6 atom stereocenters. The first-order valence-corrected chi connectivity index (χ1v) is 12.6. The Bertz CT molecular complexity index is 1190. The molecule has 11 heteroatoms. The molecule has 2 aromatic carbocycles. The van der Waals surface area contributed by atoms with Crippen molar-refractivity contribution in [1.29, 1.82) is 0 Å². The minimum atomic E-state index is -0.862. The molecule has 0 bridgehead atoms. The van der Waals surface area contributed by atoms with Crippen LogP contribution in [0.15, 0.2) is 36.4 Å². The third-order valence-electron chi connectivity index (χ3n) is 7.23. The number of hydroxylamine groups is 2. The Hall–Kier alpha value is -2.38. The average molecular weight is 536 g/mol. The number of hydrogen-bond acceptors (Lipinski definition) is 9. The normalized spacial score (nSPS) is 32.8. The van der Waals surface area contributed by atoms with Gasteiger partial charge in [0.1, 0.15) is 66.8 Å². The van der Waals surface area contributed by atoms with E-state index < -0.39 is 53.8 Å². The van der Waals surface area contributed by atoms with Gasteiger partial charge in [0.2, 0.25) is 0 Å². The number of rotatable bonds is 6. The Labute approximate surface area is 219 Å². The largest absolute Gasteiger partial charge is 0.491 e. The van der Waals surface area contributed by atoms with Gasteiger partial charge in [0.05, 0.1) is 12.2 Å². The fourth-order valence-corrected chi connectivity index (χ4v) is 5.48. The predicted octanol–water partition coefficient (Wildman–Crippen LogP) is 4.07. The second-order valence-corrected chi connectivity index (χ2v) is 10.8. The quantitative estimate of drug-likeness (QED) is 0.550. The molecule has 9 nitrogen and oxygen atoms in total. The van der Waals surface area contributed by atoms with E-state index in [-0.39, 0.29) is 24.9 Å². The Morgan fingerprint density at radius 2 is 1.68 bits per heavy atom. The van der Waals surface area contributed by atoms with E-state index in [0.717, 1.165) is 5.06 Å². The monoisotopic (exact) mass is 535 g/mol. The highest BCUT2D eigenvalue weighted by Gasteiger charge is 2.61. The molecule has 1 unspecified atom stereocenters. The van der Waals surface area contributed by atoms with Crippen molar-refractivity contribution >= 4 is 0 Å². The maximum absolute atomic E-state index is 13.9. The van der Waals surface area contributed by atoms with Crippen LogP contribution in [0.4, 0.5) is 8.78 Å². The van der Waals surface area contributed by atoms with Crippen molar-refractivity contribution in [3.8, 4) is 11.5 Å². The van der Waals surface area contributed by atoms with Crippen LogP contribution in [0.25, 0.3) is 0 Å². The predicted molar refractivity (Wildman–Crippen MR) is 126 cm³/mol. The van der Waals surface area contributed by atoms with Crippen LogP contribution in [0.1, 0.15) is 44.9 Å². The molecule has 0 saturated carbocycles. The SMILES string of the molecule is CC1(C)O[C@H]2[C@@H]([C@H]3COC(C)(C)O3)OC(N(O)[C@@H]3COc4cc(OCc5c(F)cccc5F)ccc43)[C@H]2O1. The lowest BCUT2D eigenvalue weighted by atomic mass is 10.0. The molecule has 206 valence electrons. The van der Waals surface area contributed by atoms with Gasteiger partial charge < -0.3 is 38.4 Å². The molecule has 0 spiro atoms. The summed E-state index contributed by atoms with van der Waals surface area (Å²) in [5.74, 6) is -2.09. The van der Waals surface area contributed by atoms with E-state index in [1.807, 2.05) is 27.7 Å². The summed E-state index contributed by atoms with van der Waals surface area (Å²) in [5, 5.41) is 12.5. The first kappa shape index (κ1) is 25.9. The maximum atomic E-state index is 13.9. The molecule has 38 heavy (non-hydrogen) atoms. The van der Waals surface area contributed by atoms with Gasteiger partial charge in [-0.3, -0.25) is 0 Å². The van der Waals surface area contributed by atoms with E-state index in [4.69, 9.17) is 33.2 Å². The van der Waals surface area contributed by atoms with Crippen molar-refractivity contribution in [3.63, 3.8) is 0 Å². The lowest BCUT2D eigenvalue weighted by Gasteiger charge is -2.31. The van der Waals surface area contributed by atoms with Crippen LogP contribution >= 0.6 is 0 Å². The van der Waals surface area contributed by atoms with Gasteiger partial charge in [-0.1, -0.05) is 6.07 Å². The zero-order valence-electron chi connectivity index (χ0n) is 21.6. The molecule has 3 fully saturated rings. The minimum absolute atomic E-state index is 0.152. The Morgan fingerprint density at radius 1 is 0.947 bits per heavy atom. The van der Waals surface area contributed by atoms with Gasteiger partial charge in [0.25, 0.3) is 0 Å². The van der Waals surface area contributed by atoms with Gasteiger partial charge >= 0.3 is 0 Å². The number of ether oxygens (including phenoxy) is 7. The van der Waals surface area contributed by atoms with Crippen molar-refractivity contribution in [2.45, 2.75) is 82.6 Å². The van der Waals surface area contributed by atoms with Crippen LogP contribution in [0.5, 0.6) is 11.5 Å². The molecular weight excluding hydrogens is 504 g/mol. The van der Waals surface area contributed by atoms with Gasteiger partial charge in [0, 0.05) is 11.6 Å². The van der Waals surface area contributed by atoms with Gasteiger partial charge in [-0.05, 0) is 52.0 Å². The molecule has 0 aromatic heterocycles. The summed E-state index contributed by atoms with van der Waals surface area (Å²) in [5.41, 5.74) is 0.554. The number of hydrogen-bond donors (Lipinski definition) is 1. The van der Waals surface area contributed by atoms with Crippen LogP contribution in [0.3, 0.4) is 0 Å². The van der Waals surface area contributed by atoms with Crippen molar-refractivity contribution in [2.75, 3.05) is 13.2 Å². The molecule has 1 N–H and O–H groups in total. The summed E-state index contributed by atoms with van der Waals surface area (Å²) in [7, 11) is 0. The third kappa shape index (κ3) is 4.66. The van der Waals surface area contributed by atoms with Crippen molar-refractivity contribution in [3.05, 3.63) is 59.2 Å². The fraction of sp³-hybridized carbons (Fsp3) is 0.556. The number of nitrogens with zero attached hydrogens (tertiary/aromatic N) is 1. The highest BCUT2D eigenvalue weighted by molar-refractivity contribution is 5.45. The number of benzene rings is 2. The first-order valence-electron chi connectivity index (χ1n) is 12.6. The summed E-state index contributed by atoms with van der Waals surface area (Å²) in [6.45, 7) is 7.52. The molecule has 4 aliphatic heterocycles. The van der Waals surface area contributed by atoms with Gasteiger partial charge in [-0.15, -0.1) is 5.06 Å². The second kappa shape index (κ2) is 9.37. The lowest BCUT2D eigenvalue weighted by Crippen LogP contribution is -2.44. The van der Waals surface area contributed by atoms with E-state index in [9.17, 15) is 14.0 Å². The maximum Gasteiger partial charge on any atom is 0.164 e. The standard InChI is InChI=1S/C27H31F2NO8/c1-26(2)34-13-21(36-26)22-23-24(38-27(3,4)37-23)25(35-22)30(31)19-12-33-20-10-14(8-9-15(19)20)32-11-16-17(28)6-5-7-18(16)29/h5-10,19,21-25,31H,11-13H2,1-4H3/t19-,21-,22-,23+,24+,25?/m1/s1. The number of halogens is 2. The Balaban J connectivity index is 1.18. The fourth-order valence-electron chi connectivity index (χ4n) is 5.48. The summed E-state index contributed by atoms with van der Waals surface area (Å²) in [6, 6.07) is 8.15. The summed E-state index contributed by atoms with van der Waals surface area (Å²) < 4.78 is 69.7. The van der Waals surface area contributed by atoms with Crippen molar-refractivity contribution in [1.82, 2.24) is 5.06 Å². The van der Waals surface area contributed by atoms with Crippen molar-refractivity contribution in [2.24, 2.45) is 0 Å². The van der Waals surface area contributed by atoms with E-state index in [1.54, 1.807) is 18.2 Å². The zero-order chi connectivity index (χ0) is 26.8. The topological polar surface area (TPSA) is 88.1 Å². The molecule has 2 aromatic rings. The van der Waals surface area contributed by atoms with E-state index in [0.29, 0.717) is 23.7 Å². The molecule has 0 radical (unpaired) electrons. The summed E-state index contributed by atoms with van der Waals surface area (Å²) in [4.78, 5) is 0. The smallest absolute Gasteiger partial charge is 0.164 e. The molecule has 0 aliphatic carbocycles. The van der Waals surface area contributed by atoms with Gasteiger partial charge in [-0.2, -0.15) is 0 Å². The van der Waals surface area contributed by atoms with Crippen LogP contribution in [0, 0.1) is 11.6 Å². The average Bonchev–Trinajstić information content (AvgIpc) is 3.59. The highest BCUT2D eigenvalue weighted by atomic mass is 19.1. The van der Waals surface area contributed by atoms with Crippen LogP contribution in [-0.4, -0.2) is 65.7 Å². The molecular formula is C27H31F2NO8. The lowest BCUT2D eigenvalue weighted by molar-refractivity contribution is -0.285. The van der Waals surface area contributed by atoms with Crippen LogP contribution in [-0.2, 0) is 30.3 Å². The summed E-state index contributed by atoms with van der Waals surface area (Å²) in [6.07, 6.45) is -2.80. The van der Waals surface area contributed by atoms with E-state index in [1.165, 1.54) is 18.2 Å². The van der Waals surface area contributed by atoms with Crippen molar-refractivity contribution < 1.29 is 47.1 Å². The molecule has 4 aliphatic rings. The second-order valence-electron chi connectivity index (χ2n) is 10.8.